The minimum atomic E-state index is -3.78. The Labute approximate surface area is 130 Å². The predicted octanol–water partition coefficient (Wildman–Crippen LogP) is 3.07. The number of nitrogens with one attached hydrogen (secondary N) is 1. The summed E-state index contributed by atoms with van der Waals surface area (Å²) in [4.78, 5) is 0.111. The van der Waals surface area contributed by atoms with Crippen LogP contribution in [-0.2, 0) is 16.4 Å². The second-order valence-electron chi connectivity index (χ2n) is 4.64. The van der Waals surface area contributed by atoms with Crippen LogP contribution in [0.25, 0.3) is 0 Å². The Hall–Kier alpha value is -2.21. The molecule has 0 amide bonds. The number of methoxy groups -OCH3 is 2. The van der Waals surface area contributed by atoms with Gasteiger partial charge in [0.2, 0.25) is 0 Å². The Balaban J connectivity index is 2.46. The molecule has 5 nitrogen and oxygen atoms in total. The van der Waals surface area contributed by atoms with Crippen LogP contribution in [-0.4, -0.2) is 22.6 Å². The smallest absolute Gasteiger partial charge is 0.265 e. The average Bonchev–Trinajstić information content (AvgIpc) is 2.54. The molecule has 118 valence electrons. The number of anilines is 1. The van der Waals surface area contributed by atoms with Gasteiger partial charge in [-0.3, -0.25) is 4.72 Å². The van der Waals surface area contributed by atoms with E-state index >= 15 is 0 Å². The molecule has 6 heteroatoms. The van der Waals surface area contributed by atoms with Crippen LogP contribution in [0.5, 0.6) is 11.5 Å². The van der Waals surface area contributed by atoms with Crippen molar-refractivity contribution in [3.8, 4) is 11.5 Å². The highest BCUT2D eigenvalue weighted by Crippen LogP contribution is 2.30. The zero-order valence-corrected chi connectivity index (χ0v) is 13.6. The zero-order chi connectivity index (χ0) is 16.2. The summed E-state index contributed by atoms with van der Waals surface area (Å²) in [7, 11) is -0.837. The van der Waals surface area contributed by atoms with Crippen molar-refractivity contribution < 1.29 is 17.9 Å². The molecular weight excluding hydrogens is 302 g/mol. The number of hydrogen-bond donors (Lipinski definition) is 1. The molecule has 0 atom stereocenters. The van der Waals surface area contributed by atoms with Crippen molar-refractivity contribution in [2.24, 2.45) is 0 Å². The fraction of sp³-hybridized carbons (Fsp3) is 0.250. The molecule has 0 heterocycles. The average molecular weight is 321 g/mol. The number of sulfonamides is 1. The van der Waals surface area contributed by atoms with Gasteiger partial charge in [0.1, 0.15) is 16.4 Å². The number of aryl methyl sites for hydroxylation is 1. The summed E-state index contributed by atoms with van der Waals surface area (Å²) in [5, 5.41) is 0. The molecular formula is C16H19NO4S. The summed E-state index contributed by atoms with van der Waals surface area (Å²) in [6, 6.07) is 12.0. The van der Waals surface area contributed by atoms with Gasteiger partial charge in [0.15, 0.2) is 0 Å². The Morgan fingerprint density at radius 2 is 1.68 bits per heavy atom. The van der Waals surface area contributed by atoms with E-state index in [1.54, 1.807) is 36.4 Å². The van der Waals surface area contributed by atoms with Gasteiger partial charge >= 0.3 is 0 Å². The van der Waals surface area contributed by atoms with Crippen LogP contribution in [0.15, 0.2) is 47.4 Å². The molecule has 0 aliphatic rings. The largest absolute Gasteiger partial charge is 0.495 e. The monoisotopic (exact) mass is 321 g/mol. The number of hydrogen-bond acceptors (Lipinski definition) is 4. The maximum atomic E-state index is 12.7. The first-order valence-corrected chi connectivity index (χ1v) is 8.33. The maximum Gasteiger partial charge on any atom is 0.265 e. The van der Waals surface area contributed by atoms with Crippen LogP contribution >= 0.6 is 0 Å². The quantitative estimate of drug-likeness (QED) is 0.888. The van der Waals surface area contributed by atoms with Crippen molar-refractivity contribution in [2.75, 3.05) is 18.9 Å². The maximum absolute atomic E-state index is 12.7. The number of benzene rings is 2. The molecule has 0 unspecified atom stereocenters. The van der Waals surface area contributed by atoms with Gasteiger partial charge in [0.05, 0.1) is 19.9 Å². The van der Waals surface area contributed by atoms with Gasteiger partial charge in [0.25, 0.3) is 10.0 Å². The molecule has 2 rings (SSSR count). The molecule has 0 radical (unpaired) electrons. The Morgan fingerprint density at radius 3 is 2.32 bits per heavy atom. The van der Waals surface area contributed by atoms with Gasteiger partial charge in [0, 0.05) is 0 Å². The van der Waals surface area contributed by atoms with Crippen LogP contribution in [0.3, 0.4) is 0 Å². The normalized spacial score (nSPS) is 11.0. The first kappa shape index (κ1) is 16.2. The summed E-state index contributed by atoms with van der Waals surface area (Å²) in [6.07, 6.45) is 0.737. The lowest BCUT2D eigenvalue weighted by Gasteiger charge is -2.14. The van der Waals surface area contributed by atoms with E-state index in [-0.39, 0.29) is 4.90 Å². The van der Waals surface area contributed by atoms with Crippen molar-refractivity contribution in [3.63, 3.8) is 0 Å². The topological polar surface area (TPSA) is 64.6 Å². The summed E-state index contributed by atoms with van der Waals surface area (Å²) in [5.41, 5.74) is 1.30. The molecule has 0 spiro atoms. The number of ether oxygens (including phenoxy) is 2. The van der Waals surface area contributed by atoms with Crippen molar-refractivity contribution in [2.45, 2.75) is 18.2 Å². The van der Waals surface area contributed by atoms with Crippen molar-refractivity contribution in [1.82, 2.24) is 0 Å². The van der Waals surface area contributed by atoms with E-state index in [0.29, 0.717) is 17.2 Å². The SMILES string of the molecule is CCc1ccc(OC)c(S(=O)(=O)Nc2ccccc2OC)c1. The summed E-state index contributed by atoms with van der Waals surface area (Å²) in [5.74, 6) is 0.760. The second-order valence-corrected chi connectivity index (χ2v) is 6.30. The summed E-state index contributed by atoms with van der Waals surface area (Å²) >= 11 is 0. The lowest BCUT2D eigenvalue weighted by Crippen LogP contribution is -2.15. The van der Waals surface area contributed by atoms with Crippen LogP contribution in [0.1, 0.15) is 12.5 Å². The van der Waals surface area contributed by atoms with E-state index < -0.39 is 10.0 Å². The molecule has 0 saturated carbocycles. The number of para-hydroxylation sites is 2. The molecule has 22 heavy (non-hydrogen) atoms. The van der Waals surface area contributed by atoms with Crippen molar-refractivity contribution in [1.29, 1.82) is 0 Å². The molecule has 1 N–H and O–H groups in total. The van der Waals surface area contributed by atoms with E-state index in [9.17, 15) is 8.42 Å². The van der Waals surface area contributed by atoms with Gasteiger partial charge in [-0.1, -0.05) is 25.1 Å². The number of rotatable bonds is 6. The zero-order valence-electron chi connectivity index (χ0n) is 12.8. The first-order valence-electron chi connectivity index (χ1n) is 6.84. The molecule has 0 aromatic heterocycles. The van der Waals surface area contributed by atoms with Gasteiger partial charge in [-0.2, -0.15) is 0 Å². The fourth-order valence-corrected chi connectivity index (χ4v) is 3.37. The lowest BCUT2D eigenvalue weighted by atomic mass is 10.2. The van der Waals surface area contributed by atoms with Gasteiger partial charge in [-0.15, -0.1) is 0 Å². The van der Waals surface area contributed by atoms with Crippen LogP contribution in [0.4, 0.5) is 5.69 Å². The summed E-state index contributed by atoms with van der Waals surface area (Å²) in [6.45, 7) is 1.96. The lowest BCUT2D eigenvalue weighted by molar-refractivity contribution is 0.402. The third-order valence-electron chi connectivity index (χ3n) is 3.28. The molecule has 0 bridgehead atoms. The van der Waals surface area contributed by atoms with Crippen LogP contribution in [0, 0.1) is 0 Å². The minimum absolute atomic E-state index is 0.111. The minimum Gasteiger partial charge on any atom is -0.495 e. The van der Waals surface area contributed by atoms with E-state index in [1.807, 2.05) is 13.0 Å². The van der Waals surface area contributed by atoms with Gasteiger partial charge < -0.3 is 9.47 Å². The predicted molar refractivity (Wildman–Crippen MR) is 86.2 cm³/mol. The molecule has 2 aromatic carbocycles. The highest BCUT2D eigenvalue weighted by atomic mass is 32.2. The standard InChI is InChI=1S/C16H19NO4S/c1-4-12-9-10-15(21-3)16(11-12)22(18,19)17-13-7-5-6-8-14(13)20-2/h5-11,17H,4H2,1-3H3. The Morgan fingerprint density at radius 1 is 1.00 bits per heavy atom. The van der Waals surface area contributed by atoms with E-state index in [2.05, 4.69) is 4.72 Å². The first-order chi connectivity index (χ1) is 10.5. The third kappa shape index (κ3) is 3.33. The van der Waals surface area contributed by atoms with E-state index in [0.717, 1.165) is 12.0 Å². The van der Waals surface area contributed by atoms with E-state index in [4.69, 9.17) is 9.47 Å². The van der Waals surface area contributed by atoms with Gasteiger partial charge in [-0.05, 0) is 36.2 Å². The fourth-order valence-electron chi connectivity index (χ4n) is 2.08. The third-order valence-corrected chi connectivity index (χ3v) is 4.66. The molecule has 2 aromatic rings. The highest BCUT2D eigenvalue weighted by Gasteiger charge is 2.21. The molecule has 0 aliphatic carbocycles. The van der Waals surface area contributed by atoms with Crippen molar-refractivity contribution >= 4 is 15.7 Å². The molecule has 0 aliphatic heterocycles. The van der Waals surface area contributed by atoms with Crippen LogP contribution in [0.2, 0.25) is 0 Å². The second kappa shape index (κ2) is 6.70. The summed E-state index contributed by atoms with van der Waals surface area (Å²) < 4.78 is 38.2. The van der Waals surface area contributed by atoms with Crippen LogP contribution < -0.4 is 14.2 Å². The van der Waals surface area contributed by atoms with Crippen molar-refractivity contribution in [3.05, 3.63) is 48.0 Å². The van der Waals surface area contributed by atoms with Gasteiger partial charge in [-0.25, -0.2) is 8.42 Å². The Bertz CT molecular complexity index is 756. The molecule has 0 fully saturated rings. The molecule has 0 saturated heterocycles. The Kier molecular flexibility index (Phi) is 4.92. The highest BCUT2D eigenvalue weighted by molar-refractivity contribution is 7.92. The van der Waals surface area contributed by atoms with E-state index in [1.165, 1.54) is 14.2 Å².